The Bertz CT molecular complexity index is 787. The van der Waals surface area contributed by atoms with Crippen molar-refractivity contribution in [1.82, 2.24) is 16.1 Å². The molecule has 0 aromatic heterocycles. The van der Waals surface area contributed by atoms with E-state index in [0.717, 1.165) is 0 Å². The van der Waals surface area contributed by atoms with Crippen LogP contribution in [0.4, 0.5) is 10.5 Å². The average Bonchev–Trinajstić information content (AvgIpc) is 2.87. The summed E-state index contributed by atoms with van der Waals surface area (Å²) in [6.45, 7) is 0.0919. The lowest BCUT2D eigenvalue weighted by atomic mass is 10.2. The third-order valence-electron chi connectivity index (χ3n) is 3.43. The molecule has 0 aliphatic carbocycles. The standard InChI is InChI=1S/C15H14Cl2N4O3/c1-20-15(23)21(19-18-20)13-4-2-3-11(16)10(13)8-24-14-6-5-9(22)7-12(14)17/h2-7,18-19,22H,8H2,1H3. The Kier molecular flexibility index (Phi) is 4.68. The van der Waals surface area contributed by atoms with Gasteiger partial charge in [-0.05, 0) is 24.3 Å². The predicted octanol–water partition coefficient (Wildman–Crippen LogP) is 3.07. The Balaban J connectivity index is 1.86. The number of benzene rings is 2. The summed E-state index contributed by atoms with van der Waals surface area (Å²) in [5, 5.41) is 12.7. The van der Waals surface area contributed by atoms with Gasteiger partial charge in [0.15, 0.2) is 0 Å². The molecular weight excluding hydrogens is 355 g/mol. The third kappa shape index (κ3) is 3.20. The van der Waals surface area contributed by atoms with Crippen molar-refractivity contribution in [2.45, 2.75) is 6.61 Å². The Hall–Kier alpha value is -2.19. The van der Waals surface area contributed by atoms with Gasteiger partial charge in [-0.25, -0.2) is 14.8 Å². The summed E-state index contributed by atoms with van der Waals surface area (Å²) in [4.78, 5) is 12.1. The number of hydrogen-bond donors (Lipinski definition) is 3. The first-order chi connectivity index (χ1) is 11.5. The third-order valence-corrected chi connectivity index (χ3v) is 4.08. The predicted molar refractivity (Wildman–Crippen MR) is 90.8 cm³/mol. The van der Waals surface area contributed by atoms with Gasteiger partial charge in [-0.2, -0.15) is 0 Å². The minimum Gasteiger partial charge on any atom is -0.508 e. The van der Waals surface area contributed by atoms with E-state index in [9.17, 15) is 9.90 Å². The molecule has 0 bridgehead atoms. The first-order valence-electron chi connectivity index (χ1n) is 6.95. The molecule has 1 fully saturated rings. The summed E-state index contributed by atoms with van der Waals surface area (Å²) >= 11 is 12.3. The Labute approximate surface area is 148 Å². The Morgan fingerprint density at radius 3 is 2.62 bits per heavy atom. The number of amides is 2. The monoisotopic (exact) mass is 368 g/mol. The summed E-state index contributed by atoms with van der Waals surface area (Å²) in [6, 6.07) is 9.31. The molecule has 2 aromatic carbocycles. The number of nitrogens with zero attached hydrogens (tertiary/aromatic N) is 2. The number of urea groups is 1. The number of anilines is 1. The lowest BCUT2D eigenvalue weighted by Gasteiger charge is -2.19. The molecule has 126 valence electrons. The van der Waals surface area contributed by atoms with Crippen molar-refractivity contribution in [3.63, 3.8) is 0 Å². The molecule has 0 atom stereocenters. The number of carbonyl (C=O) groups excluding carboxylic acids is 1. The van der Waals surface area contributed by atoms with Gasteiger partial charge in [-0.15, -0.1) is 11.1 Å². The number of halogens is 2. The highest BCUT2D eigenvalue weighted by molar-refractivity contribution is 6.32. The van der Waals surface area contributed by atoms with Gasteiger partial charge >= 0.3 is 6.03 Å². The fraction of sp³-hybridized carbons (Fsp3) is 0.133. The van der Waals surface area contributed by atoms with Crippen molar-refractivity contribution in [3.8, 4) is 11.5 Å². The SMILES string of the molecule is CN1NNN(c2cccc(Cl)c2COc2ccc(O)cc2Cl)C1=O. The van der Waals surface area contributed by atoms with Crippen LogP contribution in [-0.4, -0.2) is 23.2 Å². The fourth-order valence-corrected chi connectivity index (χ4v) is 2.64. The van der Waals surface area contributed by atoms with Crippen molar-refractivity contribution in [3.05, 3.63) is 52.0 Å². The van der Waals surface area contributed by atoms with E-state index in [4.69, 9.17) is 27.9 Å². The summed E-state index contributed by atoms with van der Waals surface area (Å²) in [7, 11) is 1.59. The van der Waals surface area contributed by atoms with Crippen LogP contribution in [0, 0.1) is 0 Å². The maximum absolute atomic E-state index is 12.1. The second-order valence-electron chi connectivity index (χ2n) is 5.04. The molecule has 0 spiro atoms. The molecule has 3 N–H and O–H groups in total. The van der Waals surface area contributed by atoms with Gasteiger partial charge in [0.1, 0.15) is 18.1 Å². The molecule has 2 amide bonds. The van der Waals surface area contributed by atoms with Gasteiger partial charge in [-0.3, -0.25) is 0 Å². The lowest BCUT2D eigenvalue weighted by Crippen LogP contribution is -2.38. The summed E-state index contributed by atoms with van der Waals surface area (Å²) in [6.07, 6.45) is 0. The van der Waals surface area contributed by atoms with E-state index < -0.39 is 0 Å². The number of aromatic hydroxyl groups is 1. The first-order valence-corrected chi connectivity index (χ1v) is 7.71. The van der Waals surface area contributed by atoms with Gasteiger partial charge in [-0.1, -0.05) is 29.3 Å². The summed E-state index contributed by atoms with van der Waals surface area (Å²) < 4.78 is 5.69. The van der Waals surface area contributed by atoms with Crippen LogP contribution >= 0.6 is 23.2 Å². The summed E-state index contributed by atoms with van der Waals surface area (Å²) in [5.41, 5.74) is 6.59. The number of nitrogens with one attached hydrogen (secondary N) is 2. The van der Waals surface area contributed by atoms with E-state index in [-0.39, 0.29) is 23.4 Å². The highest BCUT2D eigenvalue weighted by Gasteiger charge is 2.29. The van der Waals surface area contributed by atoms with Crippen LogP contribution in [0.2, 0.25) is 10.0 Å². The highest BCUT2D eigenvalue weighted by Crippen LogP contribution is 2.32. The molecule has 0 radical (unpaired) electrons. The number of hydrazine groups is 3. The number of rotatable bonds is 4. The van der Waals surface area contributed by atoms with Crippen LogP contribution in [0.3, 0.4) is 0 Å². The molecule has 0 saturated carbocycles. The van der Waals surface area contributed by atoms with Gasteiger partial charge in [0.2, 0.25) is 0 Å². The Morgan fingerprint density at radius 2 is 1.96 bits per heavy atom. The van der Waals surface area contributed by atoms with Crippen molar-refractivity contribution < 1.29 is 14.6 Å². The number of hydrogen-bond acceptors (Lipinski definition) is 5. The first kappa shape index (κ1) is 16.7. The molecular formula is C15H14Cl2N4O3. The molecule has 9 heteroatoms. The van der Waals surface area contributed by atoms with Crippen molar-refractivity contribution in [2.75, 3.05) is 12.1 Å². The second kappa shape index (κ2) is 6.74. The maximum atomic E-state index is 12.1. The van der Waals surface area contributed by atoms with E-state index in [1.54, 1.807) is 31.3 Å². The minimum absolute atomic E-state index is 0.0479. The number of phenolic OH excluding ortho intramolecular Hbond substituents is 1. The van der Waals surface area contributed by atoms with E-state index in [1.165, 1.54) is 22.2 Å². The largest absolute Gasteiger partial charge is 0.508 e. The zero-order valence-corrected chi connectivity index (χ0v) is 14.1. The average molecular weight is 369 g/mol. The Morgan fingerprint density at radius 1 is 1.17 bits per heavy atom. The van der Waals surface area contributed by atoms with E-state index in [1.807, 2.05) is 0 Å². The maximum Gasteiger partial charge on any atom is 0.355 e. The van der Waals surface area contributed by atoms with Crippen LogP contribution in [0.15, 0.2) is 36.4 Å². The quantitative estimate of drug-likeness (QED) is 0.772. The van der Waals surface area contributed by atoms with Crippen molar-refractivity contribution in [2.24, 2.45) is 0 Å². The smallest absolute Gasteiger partial charge is 0.355 e. The fourth-order valence-electron chi connectivity index (χ4n) is 2.19. The highest BCUT2D eigenvalue weighted by atomic mass is 35.5. The normalized spacial score (nSPS) is 14.4. The number of carbonyl (C=O) groups is 1. The second-order valence-corrected chi connectivity index (χ2v) is 5.86. The van der Waals surface area contributed by atoms with Crippen LogP contribution in [0.25, 0.3) is 0 Å². The van der Waals surface area contributed by atoms with Crippen LogP contribution in [0.5, 0.6) is 11.5 Å². The zero-order chi connectivity index (χ0) is 17.3. The molecule has 24 heavy (non-hydrogen) atoms. The molecule has 2 aromatic rings. The van der Waals surface area contributed by atoms with Gasteiger partial charge in [0.05, 0.1) is 10.7 Å². The van der Waals surface area contributed by atoms with Gasteiger partial charge in [0.25, 0.3) is 0 Å². The zero-order valence-electron chi connectivity index (χ0n) is 12.6. The molecule has 3 rings (SSSR count). The summed E-state index contributed by atoms with van der Waals surface area (Å²) in [5.74, 6) is 0.447. The lowest BCUT2D eigenvalue weighted by molar-refractivity contribution is 0.214. The molecule has 1 aliphatic heterocycles. The minimum atomic E-state index is -0.291. The van der Waals surface area contributed by atoms with Gasteiger partial charge in [0, 0.05) is 23.7 Å². The van der Waals surface area contributed by atoms with Crippen LogP contribution in [0.1, 0.15) is 5.56 Å². The molecule has 7 nitrogen and oxygen atoms in total. The molecule has 1 saturated heterocycles. The molecule has 0 unspecified atom stereocenters. The van der Waals surface area contributed by atoms with E-state index in [2.05, 4.69) is 11.1 Å². The van der Waals surface area contributed by atoms with Crippen molar-refractivity contribution >= 4 is 34.9 Å². The van der Waals surface area contributed by atoms with Gasteiger partial charge < -0.3 is 9.84 Å². The van der Waals surface area contributed by atoms with Crippen molar-refractivity contribution in [1.29, 1.82) is 0 Å². The van der Waals surface area contributed by atoms with Crippen LogP contribution in [-0.2, 0) is 6.61 Å². The number of ether oxygens (including phenoxy) is 1. The van der Waals surface area contributed by atoms with E-state index >= 15 is 0 Å². The molecule has 1 heterocycles. The molecule has 1 aliphatic rings. The topological polar surface area (TPSA) is 77.1 Å². The number of phenols is 1. The van der Waals surface area contributed by atoms with E-state index in [0.29, 0.717) is 22.0 Å². The van der Waals surface area contributed by atoms with Crippen LogP contribution < -0.4 is 20.8 Å².